The lowest BCUT2D eigenvalue weighted by atomic mass is 10.0. The van der Waals surface area contributed by atoms with E-state index in [2.05, 4.69) is 5.32 Å². The van der Waals surface area contributed by atoms with Gasteiger partial charge in [0.15, 0.2) is 0 Å². The first-order valence-corrected chi connectivity index (χ1v) is 10.3. The van der Waals surface area contributed by atoms with Crippen LogP contribution in [0.25, 0.3) is 0 Å². The molecule has 3 N–H and O–H groups in total. The molecule has 0 saturated heterocycles. The van der Waals surface area contributed by atoms with Crippen LogP contribution in [0.15, 0.2) is 18.2 Å². The molecule has 2 aromatic rings. The average Bonchev–Trinajstić information content (AvgIpc) is 3.01. The van der Waals surface area contributed by atoms with E-state index in [9.17, 15) is 14.4 Å². The number of carbonyl (C=O) groups excluding carboxylic acids is 3. The number of ether oxygens (including phenoxy) is 1. The summed E-state index contributed by atoms with van der Waals surface area (Å²) in [4.78, 5) is 39.2. The third-order valence-corrected chi connectivity index (χ3v) is 6.07. The van der Waals surface area contributed by atoms with Gasteiger partial charge in [0.05, 0.1) is 25.1 Å². The predicted octanol–water partition coefficient (Wildman–Crippen LogP) is 3.16. The van der Waals surface area contributed by atoms with Crippen molar-refractivity contribution < 1.29 is 19.1 Å². The molecule has 0 radical (unpaired) electrons. The van der Waals surface area contributed by atoms with Gasteiger partial charge in [0.2, 0.25) is 5.91 Å². The van der Waals surface area contributed by atoms with E-state index >= 15 is 0 Å². The highest BCUT2D eigenvalue weighted by atomic mass is 32.1. The van der Waals surface area contributed by atoms with Crippen LogP contribution in [-0.2, 0) is 28.9 Å². The lowest BCUT2D eigenvalue weighted by molar-refractivity contribution is -0.115. The molecule has 0 spiro atoms. The third-order valence-electron chi connectivity index (χ3n) is 4.94. The number of nitrogens with two attached hydrogens (primary N) is 1. The number of aryl methyl sites for hydroxylation is 2. The maximum Gasteiger partial charge on any atom is 0.410 e. The van der Waals surface area contributed by atoms with Gasteiger partial charge < -0.3 is 20.7 Å². The number of anilines is 1. The highest BCUT2D eigenvalue weighted by Crippen LogP contribution is 2.37. The molecule has 1 aliphatic rings. The summed E-state index contributed by atoms with van der Waals surface area (Å²) in [5.74, 6) is -0.781. The summed E-state index contributed by atoms with van der Waals surface area (Å²) in [5, 5.41) is 3.31. The lowest BCUT2D eigenvalue weighted by Crippen LogP contribution is -2.36. The fourth-order valence-corrected chi connectivity index (χ4v) is 4.74. The molecule has 3 rings (SSSR count). The number of nitrogens with one attached hydrogen (secondary N) is 1. The Bertz CT molecular complexity index is 967. The molecule has 0 fully saturated rings. The molecule has 29 heavy (non-hydrogen) atoms. The molecule has 1 aromatic heterocycles. The van der Waals surface area contributed by atoms with Gasteiger partial charge in [-0.3, -0.25) is 9.59 Å². The van der Waals surface area contributed by atoms with Crippen LogP contribution in [0.5, 0.6) is 0 Å². The molecule has 0 bridgehead atoms. The van der Waals surface area contributed by atoms with E-state index in [1.165, 1.54) is 11.3 Å². The molecular formula is C21H25N3O4S. The van der Waals surface area contributed by atoms with Crippen LogP contribution in [0, 0.1) is 13.8 Å². The Morgan fingerprint density at radius 3 is 2.72 bits per heavy atom. The van der Waals surface area contributed by atoms with Crippen molar-refractivity contribution in [2.24, 2.45) is 5.73 Å². The van der Waals surface area contributed by atoms with Crippen LogP contribution in [0.4, 0.5) is 9.80 Å². The Balaban J connectivity index is 1.81. The summed E-state index contributed by atoms with van der Waals surface area (Å²) >= 11 is 1.29. The molecule has 8 heteroatoms. The Morgan fingerprint density at radius 1 is 1.28 bits per heavy atom. The van der Waals surface area contributed by atoms with Gasteiger partial charge in [0, 0.05) is 11.4 Å². The zero-order chi connectivity index (χ0) is 21.1. The van der Waals surface area contributed by atoms with Gasteiger partial charge in [-0.25, -0.2) is 4.79 Å². The fourth-order valence-electron chi connectivity index (χ4n) is 3.46. The third kappa shape index (κ3) is 4.59. The summed E-state index contributed by atoms with van der Waals surface area (Å²) in [6.45, 7) is 6.79. The standard InChI is InChI=1S/C21H25N3O4S/c1-4-28-21(27)24-8-7-15-16(11-24)29-20(18(15)19(22)26)23-17(25)10-14-9-12(2)5-6-13(14)3/h5-6,9H,4,7-8,10-11H2,1-3H3,(H2,22,26)(H,23,25). The zero-order valence-electron chi connectivity index (χ0n) is 16.8. The Labute approximate surface area is 173 Å². The van der Waals surface area contributed by atoms with Crippen molar-refractivity contribution in [1.82, 2.24) is 4.90 Å². The maximum atomic E-state index is 12.6. The summed E-state index contributed by atoms with van der Waals surface area (Å²) in [5.41, 5.74) is 9.83. The predicted molar refractivity (Wildman–Crippen MR) is 112 cm³/mol. The minimum Gasteiger partial charge on any atom is -0.450 e. The van der Waals surface area contributed by atoms with Crippen molar-refractivity contribution in [2.45, 2.75) is 40.2 Å². The van der Waals surface area contributed by atoms with E-state index in [0.29, 0.717) is 36.7 Å². The highest BCUT2D eigenvalue weighted by Gasteiger charge is 2.30. The van der Waals surface area contributed by atoms with E-state index < -0.39 is 5.91 Å². The van der Waals surface area contributed by atoms with Crippen molar-refractivity contribution in [2.75, 3.05) is 18.5 Å². The SMILES string of the molecule is CCOC(=O)N1CCc2c(sc(NC(=O)Cc3cc(C)ccc3C)c2C(N)=O)C1. The maximum absolute atomic E-state index is 12.6. The summed E-state index contributed by atoms with van der Waals surface area (Å²) < 4.78 is 5.06. The number of amides is 3. The van der Waals surface area contributed by atoms with Crippen molar-refractivity contribution in [3.05, 3.63) is 50.9 Å². The molecule has 7 nitrogen and oxygen atoms in total. The molecule has 3 amide bonds. The zero-order valence-corrected chi connectivity index (χ0v) is 17.6. The van der Waals surface area contributed by atoms with Gasteiger partial charge >= 0.3 is 6.09 Å². The Hall–Kier alpha value is -2.87. The van der Waals surface area contributed by atoms with Gasteiger partial charge in [0.25, 0.3) is 5.91 Å². The van der Waals surface area contributed by atoms with E-state index in [1.54, 1.807) is 11.8 Å². The second-order valence-electron chi connectivity index (χ2n) is 7.10. The minimum atomic E-state index is -0.575. The number of carbonyl (C=O) groups is 3. The van der Waals surface area contributed by atoms with E-state index in [0.717, 1.165) is 27.1 Å². The number of thiophene rings is 1. The fraction of sp³-hybridized carbons (Fsp3) is 0.381. The molecule has 0 aliphatic carbocycles. The van der Waals surface area contributed by atoms with Crippen LogP contribution in [0.3, 0.4) is 0 Å². The first-order valence-electron chi connectivity index (χ1n) is 9.52. The molecule has 2 heterocycles. The Kier molecular flexibility index (Phi) is 6.22. The van der Waals surface area contributed by atoms with Crippen molar-refractivity contribution in [1.29, 1.82) is 0 Å². The van der Waals surface area contributed by atoms with Gasteiger partial charge in [-0.2, -0.15) is 0 Å². The molecule has 1 aliphatic heterocycles. The number of rotatable bonds is 5. The van der Waals surface area contributed by atoms with Crippen LogP contribution in [0.1, 0.15) is 44.4 Å². The van der Waals surface area contributed by atoms with Gasteiger partial charge in [-0.15, -0.1) is 11.3 Å². The topological polar surface area (TPSA) is 102 Å². The van der Waals surface area contributed by atoms with Gasteiger partial charge in [0.1, 0.15) is 5.00 Å². The van der Waals surface area contributed by atoms with Crippen LogP contribution in [-0.4, -0.2) is 36.0 Å². The van der Waals surface area contributed by atoms with Crippen LogP contribution >= 0.6 is 11.3 Å². The summed E-state index contributed by atoms with van der Waals surface area (Å²) in [6.07, 6.45) is 0.326. The van der Waals surface area contributed by atoms with Crippen molar-refractivity contribution in [3.8, 4) is 0 Å². The molecular weight excluding hydrogens is 390 g/mol. The monoisotopic (exact) mass is 415 g/mol. The molecule has 1 aromatic carbocycles. The van der Waals surface area contributed by atoms with Gasteiger partial charge in [-0.05, 0) is 43.9 Å². The Morgan fingerprint density at radius 2 is 2.03 bits per heavy atom. The number of hydrogen-bond donors (Lipinski definition) is 2. The highest BCUT2D eigenvalue weighted by molar-refractivity contribution is 7.17. The number of hydrogen-bond acceptors (Lipinski definition) is 5. The molecule has 154 valence electrons. The minimum absolute atomic E-state index is 0.206. The van der Waals surface area contributed by atoms with Gasteiger partial charge in [-0.1, -0.05) is 23.8 Å². The normalized spacial score (nSPS) is 13.0. The van der Waals surface area contributed by atoms with Crippen LogP contribution < -0.4 is 11.1 Å². The average molecular weight is 416 g/mol. The van der Waals surface area contributed by atoms with Crippen LogP contribution in [0.2, 0.25) is 0 Å². The quantitative estimate of drug-likeness (QED) is 0.783. The first-order chi connectivity index (χ1) is 13.8. The second-order valence-corrected chi connectivity index (χ2v) is 8.20. The number of nitrogens with zero attached hydrogens (tertiary/aromatic N) is 1. The number of primary amides is 1. The first kappa shape index (κ1) is 20.9. The number of benzene rings is 1. The van der Waals surface area contributed by atoms with Crippen molar-refractivity contribution in [3.63, 3.8) is 0 Å². The summed E-state index contributed by atoms with van der Waals surface area (Å²) in [7, 11) is 0. The molecule has 0 atom stereocenters. The molecule has 0 unspecified atom stereocenters. The van der Waals surface area contributed by atoms with E-state index in [4.69, 9.17) is 10.5 Å². The summed E-state index contributed by atoms with van der Waals surface area (Å²) in [6, 6.07) is 5.98. The van der Waals surface area contributed by atoms with E-state index in [-0.39, 0.29) is 18.4 Å². The number of fused-ring (bicyclic) bond motifs is 1. The van der Waals surface area contributed by atoms with Crippen molar-refractivity contribution >= 4 is 34.2 Å². The molecule has 0 saturated carbocycles. The lowest BCUT2D eigenvalue weighted by Gasteiger charge is -2.26. The largest absolute Gasteiger partial charge is 0.450 e. The smallest absolute Gasteiger partial charge is 0.410 e. The second kappa shape index (κ2) is 8.65. The van der Waals surface area contributed by atoms with E-state index in [1.807, 2.05) is 32.0 Å².